The van der Waals surface area contributed by atoms with Crippen LogP contribution in [-0.2, 0) is 44.8 Å². The molecule has 62 heavy (non-hydrogen) atoms. The Morgan fingerprint density at radius 1 is 0.597 bits per heavy atom. The number of rotatable bonds is 35. The fourth-order valence-corrected chi connectivity index (χ4v) is 7.19. The maximum Gasteiger partial charge on any atom is 0.326 e. The maximum atomic E-state index is 13.1. The minimum absolute atomic E-state index is 0.0105. The predicted octanol–water partition coefficient (Wildman–Crippen LogP) is 3.34. The van der Waals surface area contributed by atoms with Crippen molar-refractivity contribution < 1.29 is 53.7 Å². The molecular formula is C44H72N6O11S. The van der Waals surface area contributed by atoms with Gasteiger partial charge >= 0.3 is 11.9 Å². The fraction of sp³-hybridized carbons (Fsp3) is 0.682. The van der Waals surface area contributed by atoms with Gasteiger partial charge in [-0.15, -0.1) is 0 Å². The number of benzene rings is 1. The van der Waals surface area contributed by atoms with Gasteiger partial charge in [0, 0.05) is 19.3 Å². The lowest BCUT2D eigenvalue weighted by Crippen LogP contribution is -2.58. The number of carboxylic acid groups (broad SMARTS) is 2. The molecule has 0 saturated carbocycles. The van der Waals surface area contributed by atoms with Crippen molar-refractivity contribution >= 4 is 59.1 Å². The molecule has 350 valence electrons. The molecule has 0 unspecified atom stereocenters. The quantitative estimate of drug-likeness (QED) is 0.0444. The summed E-state index contributed by atoms with van der Waals surface area (Å²) in [6, 6.07) is 2.82. The van der Waals surface area contributed by atoms with Crippen LogP contribution < -0.4 is 32.3 Å². The van der Waals surface area contributed by atoms with E-state index in [2.05, 4.69) is 26.6 Å². The fourth-order valence-electron chi connectivity index (χ4n) is 6.72. The normalized spacial score (nSPS) is 14.0. The molecule has 0 aliphatic carbocycles. The monoisotopic (exact) mass is 892 g/mol. The lowest BCUT2D eigenvalue weighted by molar-refractivity contribution is -0.143. The van der Waals surface area contributed by atoms with Crippen LogP contribution in [0.15, 0.2) is 30.3 Å². The summed E-state index contributed by atoms with van der Waals surface area (Å²) in [5.41, 5.74) is 6.00. The Bertz CT molecular complexity index is 1550. The summed E-state index contributed by atoms with van der Waals surface area (Å²) in [6.07, 6.45) is 12.0. The number of carboxylic acids is 2. The topological polar surface area (TPSA) is 283 Å². The number of aliphatic hydroxyl groups is 1. The van der Waals surface area contributed by atoms with Gasteiger partial charge in [-0.05, 0) is 56.1 Å². The smallest absolute Gasteiger partial charge is 0.326 e. The zero-order valence-electron chi connectivity index (χ0n) is 37.0. The molecule has 1 aromatic rings. The van der Waals surface area contributed by atoms with Gasteiger partial charge in [-0.3, -0.25) is 28.8 Å². The van der Waals surface area contributed by atoms with Crippen LogP contribution >= 0.6 is 11.8 Å². The molecule has 1 rings (SSSR count). The third-order valence-electron chi connectivity index (χ3n) is 10.2. The summed E-state index contributed by atoms with van der Waals surface area (Å²) >= 11 is 1.45. The summed E-state index contributed by atoms with van der Waals surface area (Å²) in [7, 11) is 0. The molecule has 6 atom stereocenters. The number of unbranched alkanes of at least 4 members (excludes halogenated alkanes) is 11. The Morgan fingerprint density at radius 3 is 1.50 bits per heavy atom. The first kappa shape index (κ1) is 55.3. The van der Waals surface area contributed by atoms with E-state index in [0.717, 1.165) is 64.2 Å². The largest absolute Gasteiger partial charge is 0.480 e. The van der Waals surface area contributed by atoms with E-state index < -0.39 is 84.2 Å². The molecule has 17 nitrogen and oxygen atoms in total. The Morgan fingerprint density at radius 2 is 1.05 bits per heavy atom. The van der Waals surface area contributed by atoms with E-state index in [0.29, 0.717) is 24.2 Å². The van der Waals surface area contributed by atoms with Crippen molar-refractivity contribution in [3.05, 3.63) is 35.9 Å². The van der Waals surface area contributed by atoms with Gasteiger partial charge in [-0.25, -0.2) is 9.59 Å². The van der Waals surface area contributed by atoms with Crippen molar-refractivity contribution in [3.8, 4) is 0 Å². The van der Waals surface area contributed by atoms with Crippen molar-refractivity contribution in [2.45, 2.75) is 173 Å². The molecule has 0 aliphatic rings. The highest BCUT2D eigenvalue weighted by Crippen LogP contribution is 2.14. The SMILES string of the molecule is CSCC[C@H](NC(=O)[C@H](CC(C)C)NC(=O)[C@@H](NC(=O)CCCCCCCCCCCCCCC(=O)N[C@@H](CC(N)=O)C(=O)N[C@@H](Cc1ccccc1)C(=O)O)[C@H](C)O)C(=O)O. The molecule has 0 fully saturated rings. The maximum absolute atomic E-state index is 13.1. The molecule has 0 heterocycles. The molecule has 0 spiro atoms. The molecule has 0 aliphatic heterocycles. The van der Waals surface area contributed by atoms with E-state index in [1.807, 2.05) is 20.1 Å². The van der Waals surface area contributed by atoms with Gasteiger partial charge < -0.3 is 47.6 Å². The van der Waals surface area contributed by atoms with Gasteiger partial charge in [0.15, 0.2) is 0 Å². The number of nitrogens with one attached hydrogen (secondary N) is 5. The van der Waals surface area contributed by atoms with E-state index in [4.69, 9.17) is 5.73 Å². The van der Waals surface area contributed by atoms with Gasteiger partial charge in [-0.2, -0.15) is 11.8 Å². The number of hydrogen-bond acceptors (Lipinski definition) is 10. The summed E-state index contributed by atoms with van der Waals surface area (Å²) < 4.78 is 0. The van der Waals surface area contributed by atoms with Gasteiger partial charge in [0.1, 0.15) is 30.2 Å². The molecular weight excluding hydrogens is 821 g/mol. The zero-order valence-corrected chi connectivity index (χ0v) is 37.8. The Kier molecular flexibility index (Phi) is 28.6. The molecule has 0 aromatic heterocycles. The van der Waals surface area contributed by atoms with Crippen LogP contribution in [0.1, 0.15) is 135 Å². The lowest BCUT2D eigenvalue weighted by Gasteiger charge is -2.26. The molecule has 10 N–H and O–H groups in total. The second-order valence-electron chi connectivity index (χ2n) is 16.3. The Hall–Kier alpha value is -4.71. The summed E-state index contributed by atoms with van der Waals surface area (Å²) in [4.78, 5) is 99.3. The predicted molar refractivity (Wildman–Crippen MR) is 238 cm³/mol. The number of thioether (sulfide) groups is 1. The highest BCUT2D eigenvalue weighted by atomic mass is 32.2. The number of carbonyl (C=O) groups excluding carboxylic acids is 6. The molecule has 0 bridgehead atoms. The van der Waals surface area contributed by atoms with Crippen molar-refractivity contribution in [1.29, 1.82) is 0 Å². The number of aliphatic carboxylic acids is 2. The number of nitrogens with two attached hydrogens (primary N) is 1. The van der Waals surface area contributed by atoms with Crippen LogP contribution in [0.2, 0.25) is 0 Å². The standard InChI is InChI=1S/C44H72N6O11S/c1-29(2)26-33(40(55)47-32(43(58)59)24-25-62-4)48-42(57)39(30(3)51)50-38(54)23-19-14-12-10-8-6-5-7-9-11-13-18-22-37(53)46-34(28-36(45)52)41(56)49-35(44(60)61)27-31-20-16-15-17-21-31/h15-17,20-21,29-30,32-35,39,51H,5-14,18-19,22-28H2,1-4H3,(H2,45,52)(H,46,53)(H,47,55)(H,48,57)(H,49,56)(H,50,54)(H,58,59)(H,60,61)/t30-,32-,33-,34-,35-,39-/m0/s1. The van der Waals surface area contributed by atoms with Gasteiger partial charge in [-0.1, -0.05) is 108 Å². The molecule has 18 heteroatoms. The number of aliphatic hydroxyl groups excluding tert-OH is 1. The van der Waals surface area contributed by atoms with Crippen LogP contribution in [0.4, 0.5) is 0 Å². The third-order valence-corrected chi connectivity index (χ3v) is 10.8. The van der Waals surface area contributed by atoms with Crippen molar-refractivity contribution in [3.63, 3.8) is 0 Å². The van der Waals surface area contributed by atoms with Crippen molar-refractivity contribution in [2.75, 3.05) is 12.0 Å². The van der Waals surface area contributed by atoms with E-state index in [1.54, 1.807) is 30.3 Å². The lowest BCUT2D eigenvalue weighted by atomic mass is 10.0. The number of amides is 6. The van der Waals surface area contributed by atoms with Gasteiger partial charge in [0.25, 0.3) is 0 Å². The zero-order chi connectivity index (χ0) is 46.5. The first-order valence-corrected chi connectivity index (χ1v) is 23.3. The first-order chi connectivity index (χ1) is 29.4. The number of primary amides is 1. The summed E-state index contributed by atoms with van der Waals surface area (Å²) in [6.45, 7) is 5.09. The van der Waals surface area contributed by atoms with E-state index in [1.165, 1.54) is 18.7 Å². The second kappa shape index (κ2) is 32.0. The minimum Gasteiger partial charge on any atom is -0.480 e. The highest BCUT2D eigenvalue weighted by Gasteiger charge is 2.32. The Balaban J connectivity index is 2.30. The van der Waals surface area contributed by atoms with Crippen LogP contribution in [0.5, 0.6) is 0 Å². The van der Waals surface area contributed by atoms with Crippen LogP contribution in [0, 0.1) is 5.92 Å². The summed E-state index contributed by atoms with van der Waals surface area (Å²) in [5, 5.41) is 42.1. The first-order valence-electron chi connectivity index (χ1n) is 21.9. The minimum atomic E-state index is -1.28. The third kappa shape index (κ3) is 25.3. The number of hydrogen-bond donors (Lipinski definition) is 9. The Labute approximate surface area is 370 Å². The molecule has 6 amide bonds. The van der Waals surface area contributed by atoms with E-state index >= 15 is 0 Å². The average molecular weight is 893 g/mol. The highest BCUT2D eigenvalue weighted by molar-refractivity contribution is 7.98. The summed E-state index contributed by atoms with van der Waals surface area (Å²) in [5.74, 6) is -5.65. The van der Waals surface area contributed by atoms with Gasteiger partial charge in [0.05, 0.1) is 12.5 Å². The molecule has 1 aromatic carbocycles. The van der Waals surface area contributed by atoms with Gasteiger partial charge in [0.2, 0.25) is 35.4 Å². The van der Waals surface area contributed by atoms with E-state index in [9.17, 15) is 53.7 Å². The van der Waals surface area contributed by atoms with Crippen LogP contribution in [-0.4, -0.2) is 111 Å². The van der Waals surface area contributed by atoms with Crippen molar-refractivity contribution in [2.24, 2.45) is 11.7 Å². The average Bonchev–Trinajstić information content (AvgIpc) is 3.20. The van der Waals surface area contributed by atoms with Crippen LogP contribution in [0.3, 0.4) is 0 Å². The molecule has 0 saturated heterocycles. The number of carbonyl (C=O) groups is 8. The second-order valence-corrected chi connectivity index (χ2v) is 17.3. The molecule has 0 radical (unpaired) electrons. The van der Waals surface area contributed by atoms with Crippen molar-refractivity contribution in [1.82, 2.24) is 26.6 Å². The van der Waals surface area contributed by atoms with E-state index in [-0.39, 0.29) is 43.9 Å². The van der Waals surface area contributed by atoms with Crippen LogP contribution in [0.25, 0.3) is 0 Å².